The van der Waals surface area contributed by atoms with Crippen molar-refractivity contribution in [3.8, 4) is 0 Å². The number of hydrogen-bond acceptors (Lipinski definition) is 4. The van der Waals surface area contributed by atoms with Gasteiger partial charge in [0.15, 0.2) is 0 Å². The maximum absolute atomic E-state index is 12.6. The Bertz CT molecular complexity index is 750. The maximum Gasteiger partial charge on any atom is 0.262 e. The average Bonchev–Trinajstić information content (AvgIpc) is 2.88. The lowest BCUT2D eigenvalue weighted by molar-refractivity contribution is 0.600. The molecule has 0 radical (unpaired) electrons. The molecule has 0 spiro atoms. The fraction of sp³-hybridized carbons (Fsp3) is 0.357. The second kappa shape index (κ2) is 5.87. The number of sulfonamides is 1. The highest BCUT2D eigenvalue weighted by Gasteiger charge is 2.19. The van der Waals surface area contributed by atoms with Crippen LogP contribution in [0.25, 0.3) is 0 Å². The summed E-state index contributed by atoms with van der Waals surface area (Å²) in [5.74, 6) is 0. The van der Waals surface area contributed by atoms with Crippen molar-refractivity contribution in [2.24, 2.45) is 5.73 Å². The summed E-state index contributed by atoms with van der Waals surface area (Å²) in [5, 5.41) is 4.06. The second-order valence-corrected chi connectivity index (χ2v) is 6.58. The molecule has 2 rings (SSSR count). The van der Waals surface area contributed by atoms with Gasteiger partial charge >= 0.3 is 0 Å². The summed E-state index contributed by atoms with van der Waals surface area (Å²) in [6, 6.07) is 3.53. The van der Waals surface area contributed by atoms with E-state index in [1.165, 1.54) is 6.20 Å². The van der Waals surface area contributed by atoms with Crippen molar-refractivity contribution in [3.63, 3.8) is 0 Å². The molecule has 0 aliphatic carbocycles. The zero-order chi connectivity index (χ0) is 15.6. The van der Waals surface area contributed by atoms with E-state index < -0.39 is 10.0 Å². The van der Waals surface area contributed by atoms with Crippen molar-refractivity contribution in [2.45, 2.75) is 38.8 Å². The van der Waals surface area contributed by atoms with Gasteiger partial charge in [0.05, 0.1) is 16.8 Å². The number of anilines is 1. The van der Waals surface area contributed by atoms with Gasteiger partial charge in [0.2, 0.25) is 0 Å². The molecule has 0 saturated heterocycles. The van der Waals surface area contributed by atoms with E-state index in [-0.39, 0.29) is 4.90 Å². The largest absolute Gasteiger partial charge is 0.326 e. The molecule has 1 aromatic heterocycles. The molecule has 0 bridgehead atoms. The fourth-order valence-corrected chi connectivity index (χ4v) is 3.49. The van der Waals surface area contributed by atoms with Crippen LogP contribution in [0.5, 0.6) is 0 Å². The minimum absolute atomic E-state index is 0.257. The summed E-state index contributed by atoms with van der Waals surface area (Å²) < 4.78 is 29.3. The topological polar surface area (TPSA) is 90.0 Å². The average molecular weight is 308 g/mol. The van der Waals surface area contributed by atoms with Gasteiger partial charge in [-0.25, -0.2) is 8.42 Å². The van der Waals surface area contributed by atoms with Crippen molar-refractivity contribution in [1.29, 1.82) is 0 Å². The molecule has 0 saturated carbocycles. The van der Waals surface area contributed by atoms with Crippen LogP contribution < -0.4 is 10.5 Å². The number of nitrogens with zero attached hydrogens (tertiary/aromatic N) is 2. The molecule has 6 nitrogen and oxygen atoms in total. The summed E-state index contributed by atoms with van der Waals surface area (Å²) in [5.41, 5.74) is 8.50. The quantitative estimate of drug-likeness (QED) is 0.881. The Balaban J connectivity index is 2.41. The third-order valence-electron chi connectivity index (χ3n) is 3.41. The van der Waals surface area contributed by atoms with Gasteiger partial charge < -0.3 is 5.73 Å². The Kier molecular flexibility index (Phi) is 4.34. The van der Waals surface area contributed by atoms with Crippen molar-refractivity contribution in [3.05, 3.63) is 41.2 Å². The molecule has 2 aromatic rings. The van der Waals surface area contributed by atoms with E-state index in [2.05, 4.69) is 9.82 Å². The Hall–Kier alpha value is -1.86. The van der Waals surface area contributed by atoms with Crippen LogP contribution in [-0.4, -0.2) is 18.2 Å². The molecular formula is C14H20N4O2S. The van der Waals surface area contributed by atoms with Crippen molar-refractivity contribution >= 4 is 15.7 Å². The number of nitrogens with one attached hydrogen (secondary N) is 1. The Morgan fingerprint density at radius 3 is 2.62 bits per heavy atom. The van der Waals surface area contributed by atoms with E-state index in [1.807, 2.05) is 19.9 Å². The third-order valence-corrected chi connectivity index (χ3v) is 4.92. The van der Waals surface area contributed by atoms with Gasteiger partial charge in [-0.2, -0.15) is 5.10 Å². The molecule has 0 fully saturated rings. The fourth-order valence-electron chi connectivity index (χ4n) is 2.10. The highest BCUT2D eigenvalue weighted by Crippen LogP contribution is 2.23. The van der Waals surface area contributed by atoms with Gasteiger partial charge in [0.1, 0.15) is 0 Å². The van der Waals surface area contributed by atoms with Crippen LogP contribution in [0.1, 0.15) is 23.6 Å². The zero-order valence-electron chi connectivity index (χ0n) is 12.4. The summed E-state index contributed by atoms with van der Waals surface area (Å²) in [4.78, 5) is 0.257. The van der Waals surface area contributed by atoms with E-state index >= 15 is 0 Å². The number of hydrogen-bond donors (Lipinski definition) is 2. The van der Waals surface area contributed by atoms with E-state index in [0.29, 0.717) is 18.8 Å². The van der Waals surface area contributed by atoms with Crippen molar-refractivity contribution < 1.29 is 8.42 Å². The molecule has 1 aromatic carbocycles. The van der Waals surface area contributed by atoms with Gasteiger partial charge in [0.25, 0.3) is 10.0 Å². The predicted molar refractivity (Wildman–Crippen MR) is 82.5 cm³/mol. The van der Waals surface area contributed by atoms with Crippen LogP contribution in [-0.2, 0) is 23.1 Å². The number of rotatable bonds is 5. The Morgan fingerprint density at radius 2 is 2.05 bits per heavy atom. The molecule has 0 aliphatic heterocycles. The lowest BCUT2D eigenvalue weighted by atomic mass is 10.1. The van der Waals surface area contributed by atoms with Gasteiger partial charge in [0, 0.05) is 19.3 Å². The first-order valence-electron chi connectivity index (χ1n) is 6.73. The molecule has 114 valence electrons. The summed E-state index contributed by atoms with van der Waals surface area (Å²) in [7, 11) is -3.65. The molecule has 7 heteroatoms. The molecular weight excluding hydrogens is 288 g/mol. The number of benzene rings is 1. The lowest BCUT2D eigenvalue weighted by Crippen LogP contribution is -2.15. The zero-order valence-corrected chi connectivity index (χ0v) is 13.2. The van der Waals surface area contributed by atoms with Gasteiger partial charge in [-0.15, -0.1) is 0 Å². The minimum atomic E-state index is -3.65. The van der Waals surface area contributed by atoms with Crippen molar-refractivity contribution in [1.82, 2.24) is 9.78 Å². The minimum Gasteiger partial charge on any atom is -0.326 e. The molecule has 0 amide bonds. The van der Waals surface area contributed by atoms with Crippen LogP contribution in [0.15, 0.2) is 29.4 Å². The van der Waals surface area contributed by atoms with Gasteiger partial charge in [-0.3, -0.25) is 9.40 Å². The predicted octanol–water partition coefficient (Wildman–Crippen LogP) is 1.78. The van der Waals surface area contributed by atoms with E-state index in [0.717, 1.165) is 16.7 Å². The summed E-state index contributed by atoms with van der Waals surface area (Å²) in [6.07, 6.45) is 3.16. The Morgan fingerprint density at radius 1 is 1.33 bits per heavy atom. The maximum atomic E-state index is 12.6. The monoisotopic (exact) mass is 308 g/mol. The van der Waals surface area contributed by atoms with E-state index in [4.69, 9.17) is 5.73 Å². The smallest absolute Gasteiger partial charge is 0.262 e. The molecule has 0 atom stereocenters. The number of nitrogens with two attached hydrogens (primary N) is 1. The number of aryl methyl sites for hydroxylation is 2. The van der Waals surface area contributed by atoms with Crippen LogP contribution in [0.3, 0.4) is 0 Å². The first kappa shape index (κ1) is 15.5. The molecule has 21 heavy (non-hydrogen) atoms. The molecule has 1 heterocycles. The SMILES string of the molecule is CCn1cc(NS(=O)(=O)c2cc(CN)cc(C)c2C)cn1. The third kappa shape index (κ3) is 3.25. The van der Waals surface area contributed by atoms with Crippen molar-refractivity contribution in [2.75, 3.05) is 4.72 Å². The normalized spacial score (nSPS) is 11.6. The molecule has 0 aliphatic rings. The lowest BCUT2D eigenvalue weighted by Gasteiger charge is -2.13. The van der Waals surface area contributed by atoms with E-state index in [1.54, 1.807) is 23.9 Å². The second-order valence-electron chi connectivity index (χ2n) is 4.93. The highest BCUT2D eigenvalue weighted by molar-refractivity contribution is 7.92. The first-order chi connectivity index (χ1) is 9.87. The number of aromatic nitrogens is 2. The van der Waals surface area contributed by atoms with E-state index in [9.17, 15) is 8.42 Å². The van der Waals surface area contributed by atoms with Crippen LogP contribution in [0.2, 0.25) is 0 Å². The van der Waals surface area contributed by atoms with Gasteiger partial charge in [-0.1, -0.05) is 6.07 Å². The van der Waals surface area contributed by atoms with Gasteiger partial charge in [-0.05, 0) is 43.5 Å². The standard InChI is InChI=1S/C14H20N4O2S/c1-4-18-9-13(8-16-18)17-21(19,20)14-6-12(7-15)5-10(2)11(14)3/h5-6,8-9,17H,4,7,15H2,1-3H3. The first-order valence-corrected chi connectivity index (χ1v) is 8.21. The molecule has 0 unspecified atom stereocenters. The summed E-state index contributed by atoms with van der Waals surface area (Å²) >= 11 is 0. The van der Waals surface area contributed by atoms with Crippen LogP contribution in [0, 0.1) is 13.8 Å². The Labute approximate surface area is 125 Å². The highest BCUT2D eigenvalue weighted by atomic mass is 32.2. The van der Waals surface area contributed by atoms with Crippen LogP contribution >= 0.6 is 0 Å². The summed E-state index contributed by atoms with van der Waals surface area (Å²) in [6.45, 7) is 6.59. The molecule has 3 N–H and O–H groups in total. The van der Waals surface area contributed by atoms with Crippen LogP contribution in [0.4, 0.5) is 5.69 Å².